The zero-order chi connectivity index (χ0) is 17.1. The molecule has 0 saturated carbocycles. The highest BCUT2D eigenvalue weighted by Gasteiger charge is 2.21. The minimum absolute atomic E-state index is 0.128. The van der Waals surface area contributed by atoms with E-state index < -0.39 is 17.5 Å². The Kier molecular flexibility index (Phi) is 4.50. The Morgan fingerprint density at radius 3 is 2.50 bits per heavy atom. The lowest BCUT2D eigenvalue weighted by Crippen LogP contribution is -2.28. The number of nitrogens with zero attached hydrogens (tertiary/aromatic N) is 2. The van der Waals surface area contributed by atoms with Crippen molar-refractivity contribution in [2.75, 3.05) is 18.4 Å². The fraction of sp³-hybridized carbons (Fsp3) is 0.235. The number of amides is 2. The fourth-order valence-electron chi connectivity index (χ4n) is 2.55. The van der Waals surface area contributed by atoms with Crippen LogP contribution in [0, 0.1) is 11.6 Å². The molecule has 5 nitrogen and oxygen atoms in total. The van der Waals surface area contributed by atoms with Gasteiger partial charge in [0.25, 0.3) is 11.8 Å². The summed E-state index contributed by atoms with van der Waals surface area (Å²) < 4.78 is 26.1. The van der Waals surface area contributed by atoms with Crippen molar-refractivity contribution >= 4 is 17.5 Å². The summed E-state index contributed by atoms with van der Waals surface area (Å²) in [6.07, 6.45) is 3.30. The minimum Gasteiger partial charge on any atom is -0.337 e. The molecule has 7 heteroatoms. The van der Waals surface area contributed by atoms with Crippen molar-refractivity contribution in [3.63, 3.8) is 0 Å². The Labute approximate surface area is 137 Å². The number of rotatable bonds is 3. The maximum absolute atomic E-state index is 13.2. The van der Waals surface area contributed by atoms with Crippen molar-refractivity contribution in [2.45, 2.75) is 12.8 Å². The van der Waals surface area contributed by atoms with E-state index in [2.05, 4.69) is 10.3 Å². The lowest BCUT2D eigenvalue weighted by molar-refractivity contribution is 0.0787. The predicted octanol–water partition coefficient (Wildman–Crippen LogP) is 2.85. The topological polar surface area (TPSA) is 62.3 Å². The van der Waals surface area contributed by atoms with Crippen molar-refractivity contribution < 1.29 is 18.4 Å². The molecule has 1 aliphatic heterocycles. The first-order chi connectivity index (χ1) is 11.5. The van der Waals surface area contributed by atoms with Crippen LogP contribution in [0.1, 0.15) is 33.7 Å². The number of aromatic nitrogens is 1. The second-order valence-corrected chi connectivity index (χ2v) is 5.51. The number of hydrogen-bond donors (Lipinski definition) is 1. The normalized spacial score (nSPS) is 13.8. The molecule has 2 aromatic rings. The predicted molar refractivity (Wildman–Crippen MR) is 83.7 cm³/mol. The van der Waals surface area contributed by atoms with Gasteiger partial charge in [0.15, 0.2) is 11.6 Å². The number of carbonyl (C=O) groups excluding carboxylic acids is 2. The molecule has 24 heavy (non-hydrogen) atoms. The van der Waals surface area contributed by atoms with Gasteiger partial charge in [-0.1, -0.05) is 0 Å². The Hall–Kier alpha value is -2.83. The van der Waals surface area contributed by atoms with Gasteiger partial charge in [0.05, 0.1) is 0 Å². The Morgan fingerprint density at radius 2 is 1.79 bits per heavy atom. The number of hydrogen-bond acceptors (Lipinski definition) is 3. The highest BCUT2D eigenvalue weighted by atomic mass is 19.2. The molecule has 0 atom stereocenters. The van der Waals surface area contributed by atoms with Gasteiger partial charge < -0.3 is 10.2 Å². The third-order valence-corrected chi connectivity index (χ3v) is 3.81. The Balaban J connectivity index is 1.76. The van der Waals surface area contributed by atoms with Crippen LogP contribution in [-0.2, 0) is 0 Å². The third kappa shape index (κ3) is 3.40. The number of anilines is 1. The lowest BCUT2D eigenvalue weighted by Gasteiger charge is -2.14. The summed E-state index contributed by atoms with van der Waals surface area (Å²) >= 11 is 0. The molecule has 1 aliphatic rings. The quantitative estimate of drug-likeness (QED) is 0.941. The molecule has 0 aliphatic carbocycles. The molecule has 0 radical (unpaired) electrons. The van der Waals surface area contributed by atoms with E-state index in [1.165, 1.54) is 24.4 Å². The average molecular weight is 331 g/mol. The van der Waals surface area contributed by atoms with Gasteiger partial charge in [0.2, 0.25) is 0 Å². The highest BCUT2D eigenvalue weighted by Crippen LogP contribution is 2.16. The number of halogens is 2. The largest absolute Gasteiger partial charge is 0.337 e. The minimum atomic E-state index is -1.05. The van der Waals surface area contributed by atoms with Crippen molar-refractivity contribution in [3.8, 4) is 0 Å². The summed E-state index contributed by atoms with van der Waals surface area (Å²) in [5, 5.41) is 2.46. The SMILES string of the molecule is O=C(Nc1ccc(F)c(F)c1)c1ccnc(C(=O)N2CCCC2)c1. The molecule has 3 rings (SSSR count). The van der Waals surface area contributed by atoms with E-state index in [0.717, 1.165) is 25.0 Å². The summed E-state index contributed by atoms with van der Waals surface area (Å²) in [7, 11) is 0. The summed E-state index contributed by atoms with van der Waals surface area (Å²) in [6, 6.07) is 5.93. The van der Waals surface area contributed by atoms with E-state index in [9.17, 15) is 18.4 Å². The molecule has 0 bridgehead atoms. The molecular weight excluding hydrogens is 316 g/mol. The maximum atomic E-state index is 13.2. The van der Waals surface area contributed by atoms with Crippen molar-refractivity contribution in [1.82, 2.24) is 9.88 Å². The number of nitrogens with one attached hydrogen (secondary N) is 1. The second-order valence-electron chi connectivity index (χ2n) is 5.51. The van der Waals surface area contributed by atoms with E-state index in [0.29, 0.717) is 13.1 Å². The number of pyridine rings is 1. The monoisotopic (exact) mass is 331 g/mol. The van der Waals surface area contributed by atoms with Crippen LogP contribution < -0.4 is 5.32 Å². The van der Waals surface area contributed by atoms with E-state index in [1.54, 1.807) is 4.90 Å². The van der Waals surface area contributed by atoms with E-state index in [1.807, 2.05) is 0 Å². The van der Waals surface area contributed by atoms with Crippen molar-refractivity contribution in [3.05, 3.63) is 59.4 Å². The van der Waals surface area contributed by atoms with Crippen LogP contribution in [-0.4, -0.2) is 34.8 Å². The van der Waals surface area contributed by atoms with Crippen LogP contribution in [0.2, 0.25) is 0 Å². The van der Waals surface area contributed by atoms with E-state index >= 15 is 0 Å². The molecule has 1 fully saturated rings. The van der Waals surface area contributed by atoms with Crippen LogP contribution in [0.25, 0.3) is 0 Å². The van der Waals surface area contributed by atoms with Gasteiger partial charge in [0.1, 0.15) is 5.69 Å². The second kappa shape index (κ2) is 6.74. The van der Waals surface area contributed by atoms with Gasteiger partial charge in [-0.25, -0.2) is 8.78 Å². The van der Waals surface area contributed by atoms with E-state index in [-0.39, 0.29) is 22.9 Å². The lowest BCUT2D eigenvalue weighted by atomic mass is 10.2. The zero-order valence-electron chi connectivity index (χ0n) is 12.8. The summed E-state index contributed by atoms with van der Waals surface area (Å²) in [6.45, 7) is 1.37. The van der Waals surface area contributed by atoms with E-state index in [4.69, 9.17) is 0 Å². The maximum Gasteiger partial charge on any atom is 0.272 e. The average Bonchev–Trinajstić information content (AvgIpc) is 3.12. The molecule has 1 saturated heterocycles. The van der Waals surface area contributed by atoms with Gasteiger partial charge >= 0.3 is 0 Å². The molecule has 1 N–H and O–H groups in total. The first-order valence-electron chi connectivity index (χ1n) is 7.56. The highest BCUT2D eigenvalue weighted by molar-refractivity contribution is 6.05. The standard InChI is InChI=1S/C17H15F2N3O2/c18-13-4-3-12(10-14(13)19)21-16(23)11-5-6-20-15(9-11)17(24)22-7-1-2-8-22/h3-6,9-10H,1-2,7-8H2,(H,21,23). The molecule has 124 valence electrons. The van der Waals surface area contributed by atoms with Crippen LogP contribution in [0.4, 0.5) is 14.5 Å². The van der Waals surface area contributed by atoms with Crippen LogP contribution in [0.15, 0.2) is 36.5 Å². The number of benzene rings is 1. The first-order valence-corrected chi connectivity index (χ1v) is 7.56. The molecule has 2 heterocycles. The molecule has 0 spiro atoms. The fourth-order valence-corrected chi connectivity index (χ4v) is 2.55. The molecular formula is C17H15F2N3O2. The van der Waals surface area contributed by atoms with Gasteiger partial charge in [-0.3, -0.25) is 14.6 Å². The van der Waals surface area contributed by atoms with Crippen LogP contribution >= 0.6 is 0 Å². The van der Waals surface area contributed by atoms with Gasteiger partial charge in [-0.05, 0) is 37.1 Å². The first kappa shape index (κ1) is 16.0. The van der Waals surface area contributed by atoms with Gasteiger partial charge in [-0.15, -0.1) is 0 Å². The van der Waals surface area contributed by atoms with Crippen molar-refractivity contribution in [2.24, 2.45) is 0 Å². The summed E-state index contributed by atoms with van der Waals surface area (Å²) in [5.41, 5.74) is 0.537. The summed E-state index contributed by atoms with van der Waals surface area (Å²) in [4.78, 5) is 30.2. The van der Waals surface area contributed by atoms with Crippen molar-refractivity contribution in [1.29, 1.82) is 0 Å². The Bertz CT molecular complexity index is 789. The number of likely N-dealkylation sites (tertiary alicyclic amines) is 1. The van der Waals surface area contributed by atoms with Crippen LogP contribution in [0.5, 0.6) is 0 Å². The smallest absolute Gasteiger partial charge is 0.272 e. The Morgan fingerprint density at radius 1 is 1.04 bits per heavy atom. The third-order valence-electron chi connectivity index (χ3n) is 3.81. The molecule has 0 unspecified atom stereocenters. The number of carbonyl (C=O) groups is 2. The molecule has 1 aromatic heterocycles. The van der Waals surface area contributed by atoms with Gasteiger partial charge in [-0.2, -0.15) is 0 Å². The van der Waals surface area contributed by atoms with Gasteiger partial charge in [0, 0.05) is 36.6 Å². The summed E-state index contributed by atoms with van der Waals surface area (Å²) in [5.74, 6) is -2.78. The molecule has 1 aromatic carbocycles. The zero-order valence-corrected chi connectivity index (χ0v) is 12.8. The molecule has 2 amide bonds. The van der Waals surface area contributed by atoms with Crippen LogP contribution in [0.3, 0.4) is 0 Å².